The Morgan fingerprint density at radius 2 is 2.06 bits per heavy atom. The molecule has 4 nitrogen and oxygen atoms in total. The van der Waals surface area contributed by atoms with Gasteiger partial charge in [-0.2, -0.15) is 0 Å². The first-order valence-electron chi connectivity index (χ1n) is 6.16. The van der Waals surface area contributed by atoms with E-state index in [1.165, 1.54) is 11.3 Å². The van der Waals surface area contributed by atoms with Crippen LogP contribution in [0.15, 0.2) is 0 Å². The zero-order chi connectivity index (χ0) is 12.8. The number of carbonyl (C=O) groups is 1. The molecule has 1 N–H and O–H groups in total. The largest absolute Gasteiger partial charge is 0.300 e. The van der Waals surface area contributed by atoms with Crippen molar-refractivity contribution in [1.82, 2.24) is 10.2 Å². The van der Waals surface area contributed by atoms with Crippen LogP contribution in [-0.2, 0) is 11.2 Å². The Morgan fingerprint density at radius 3 is 2.65 bits per heavy atom. The lowest BCUT2D eigenvalue weighted by atomic mass is 10.1. The van der Waals surface area contributed by atoms with Gasteiger partial charge in [-0.25, -0.2) is 0 Å². The SMILES string of the molecule is CCC[C@H](C)C(=O)Nc1nnc(CC(C)C)s1. The third-order valence-corrected chi connectivity index (χ3v) is 3.31. The van der Waals surface area contributed by atoms with Gasteiger partial charge in [0.2, 0.25) is 11.0 Å². The van der Waals surface area contributed by atoms with Crippen LogP contribution in [0.25, 0.3) is 0 Å². The molecule has 96 valence electrons. The summed E-state index contributed by atoms with van der Waals surface area (Å²) < 4.78 is 0. The molecular formula is C12H21N3OS. The number of nitrogens with zero attached hydrogens (tertiary/aromatic N) is 2. The maximum Gasteiger partial charge on any atom is 0.229 e. The molecule has 1 aromatic rings. The molecule has 0 saturated carbocycles. The summed E-state index contributed by atoms with van der Waals surface area (Å²) in [6.45, 7) is 8.30. The third-order valence-electron chi connectivity index (χ3n) is 2.45. The predicted octanol–water partition coefficient (Wildman–Crippen LogP) is 3.11. The van der Waals surface area contributed by atoms with Crippen molar-refractivity contribution in [2.45, 2.75) is 47.0 Å². The lowest BCUT2D eigenvalue weighted by Crippen LogP contribution is -2.20. The average Bonchev–Trinajstić information content (AvgIpc) is 2.64. The molecule has 5 heteroatoms. The fourth-order valence-corrected chi connectivity index (χ4v) is 2.48. The van der Waals surface area contributed by atoms with E-state index < -0.39 is 0 Å². The third kappa shape index (κ3) is 4.81. The molecule has 1 aromatic heterocycles. The Labute approximate surface area is 107 Å². The van der Waals surface area contributed by atoms with E-state index >= 15 is 0 Å². The molecule has 0 unspecified atom stereocenters. The molecule has 1 amide bonds. The topological polar surface area (TPSA) is 54.9 Å². The number of hydrogen-bond acceptors (Lipinski definition) is 4. The minimum absolute atomic E-state index is 0.0393. The van der Waals surface area contributed by atoms with Gasteiger partial charge in [0.25, 0.3) is 0 Å². The molecule has 0 aliphatic heterocycles. The van der Waals surface area contributed by atoms with E-state index in [0.29, 0.717) is 11.0 Å². The smallest absolute Gasteiger partial charge is 0.229 e. The monoisotopic (exact) mass is 255 g/mol. The first kappa shape index (κ1) is 14.1. The van der Waals surface area contributed by atoms with Gasteiger partial charge in [-0.05, 0) is 12.3 Å². The van der Waals surface area contributed by atoms with Gasteiger partial charge in [0.05, 0.1) is 0 Å². The number of anilines is 1. The van der Waals surface area contributed by atoms with Gasteiger partial charge in [-0.1, -0.05) is 45.5 Å². The first-order valence-corrected chi connectivity index (χ1v) is 6.97. The lowest BCUT2D eigenvalue weighted by Gasteiger charge is -2.07. The maximum atomic E-state index is 11.8. The van der Waals surface area contributed by atoms with E-state index in [0.717, 1.165) is 24.3 Å². The molecular weight excluding hydrogens is 234 g/mol. The molecule has 1 heterocycles. The number of amides is 1. The zero-order valence-electron chi connectivity index (χ0n) is 11.0. The van der Waals surface area contributed by atoms with Crippen molar-refractivity contribution in [1.29, 1.82) is 0 Å². The van der Waals surface area contributed by atoms with Crippen molar-refractivity contribution in [3.8, 4) is 0 Å². The van der Waals surface area contributed by atoms with Gasteiger partial charge in [0.1, 0.15) is 5.01 Å². The number of carbonyl (C=O) groups excluding carboxylic acids is 1. The molecule has 0 aromatic carbocycles. The Balaban J connectivity index is 2.51. The number of nitrogens with one attached hydrogen (secondary N) is 1. The van der Waals surface area contributed by atoms with Crippen LogP contribution in [0.5, 0.6) is 0 Å². The van der Waals surface area contributed by atoms with E-state index in [1.54, 1.807) is 0 Å². The summed E-state index contributed by atoms with van der Waals surface area (Å²) in [7, 11) is 0. The second-order valence-electron chi connectivity index (χ2n) is 4.78. The van der Waals surface area contributed by atoms with Crippen LogP contribution in [0, 0.1) is 11.8 Å². The summed E-state index contributed by atoms with van der Waals surface area (Å²) in [5, 5.41) is 12.5. The van der Waals surface area contributed by atoms with Crippen molar-refractivity contribution in [3.63, 3.8) is 0 Å². The lowest BCUT2D eigenvalue weighted by molar-refractivity contribution is -0.119. The molecule has 0 aliphatic rings. The molecule has 0 radical (unpaired) electrons. The summed E-state index contributed by atoms with van der Waals surface area (Å²) >= 11 is 1.47. The molecule has 0 aliphatic carbocycles. The number of hydrogen-bond donors (Lipinski definition) is 1. The summed E-state index contributed by atoms with van der Waals surface area (Å²) in [6, 6.07) is 0. The molecule has 1 atom stereocenters. The summed E-state index contributed by atoms with van der Waals surface area (Å²) in [5.41, 5.74) is 0. The van der Waals surface area contributed by atoms with Gasteiger partial charge < -0.3 is 5.32 Å². The van der Waals surface area contributed by atoms with E-state index in [1.807, 2.05) is 6.92 Å². The van der Waals surface area contributed by atoms with Gasteiger partial charge >= 0.3 is 0 Å². The normalized spacial score (nSPS) is 12.8. The van der Waals surface area contributed by atoms with Gasteiger partial charge in [-0.3, -0.25) is 4.79 Å². The van der Waals surface area contributed by atoms with Gasteiger partial charge in [0, 0.05) is 12.3 Å². The predicted molar refractivity (Wildman–Crippen MR) is 71.2 cm³/mol. The van der Waals surface area contributed by atoms with Crippen LogP contribution < -0.4 is 5.32 Å². The van der Waals surface area contributed by atoms with E-state index in [2.05, 4.69) is 36.3 Å². The van der Waals surface area contributed by atoms with E-state index in [4.69, 9.17) is 0 Å². The van der Waals surface area contributed by atoms with Crippen LogP contribution in [0.2, 0.25) is 0 Å². The zero-order valence-corrected chi connectivity index (χ0v) is 11.8. The second-order valence-corrected chi connectivity index (χ2v) is 5.84. The molecule has 0 saturated heterocycles. The van der Waals surface area contributed by atoms with Crippen molar-refractivity contribution in [2.75, 3.05) is 5.32 Å². The Bertz CT molecular complexity index is 362. The maximum absolute atomic E-state index is 11.8. The minimum Gasteiger partial charge on any atom is -0.300 e. The number of rotatable bonds is 6. The highest BCUT2D eigenvalue weighted by Crippen LogP contribution is 2.19. The van der Waals surface area contributed by atoms with Crippen molar-refractivity contribution < 1.29 is 4.79 Å². The highest BCUT2D eigenvalue weighted by Gasteiger charge is 2.14. The standard InChI is InChI=1S/C12H21N3OS/c1-5-6-9(4)11(16)13-12-15-14-10(17-12)7-8(2)3/h8-9H,5-7H2,1-4H3,(H,13,15,16)/t9-/m0/s1. The Kier molecular flexibility index (Phi) is 5.55. The fourth-order valence-electron chi connectivity index (χ4n) is 1.53. The van der Waals surface area contributed by atoms with E-state index in [-0.39, 0.29) is 11.8 Å². The highest BCUT2D eigenvalue weighted by molar-refractivity contribution is 7.15. The van der Waals surface area contributed by atoms with Crippen LogP contribution in [0.1, 0.15) is 45.5 Å². The second kappa shape index (κ2) is 6.69. The van der Waals surface area contributed by atoms with Crippen LogP contribution >= 0.6 is 11.3 Å². The number of aromatic nitrogens is 2. The summed E-state index contributed by atoms with van der Waals surface area (Å²) in [5.74, 6) is 0.641. The quantitative estimate of drug-likeness (QED) is 0.849. The van der Waals surface area contributed by atoms with Crippen LogP contribution in [0.4, 0.5) is 5.13 Å². The minimum atomic E-state index is 0.0393. The fraction of sp³-hybridized carbons (Fsp3) is 0.750. The first-order chi connectivity index (χ1) is 8.02. The van der Waals surface area contributed by atoms with Crippen molar-refractivity contribution in [3.05, 3.63) is 5.01 Å². The van der Waals surface area contributed by atoms with Crippen molar-refractivity contribution >= 4 is 22.4 Å². The van der Waals surface area contributed by atoms with Crippen molar-refractivity contribution in [2.24, 2.45) is 11.8 Å². The average molecular weight is 255 g/mol. The molecule has 17 heavy (non-hydrogen) atoms. The van der Waals surface area contributed by atoms with Gasteiger partial charge in [-0.15, -0.1) is 10.2 Å². The van der Waals surface area contributed by atoms with E-state index in [9.17, 15) is 4.79 Å². The van der Waals surface area contributed by atoms with Crippen LogP contribution in [-0.4, -0.2) is 16.1 Å². The Morgan fingerprint density at radius 1 is 1.35 bits per heavy atom. The molecule has 0 spiro atoms. The highest BCUT2D eigenvalue weighted by atomic mass is 32.1. The molecule has 1 rings (SSSR count). The molecule has 0 fully saturated rings. The van der Waals surface area contributed by atoms with Crippen LogP contribution in [0.3, 0.4) is 0 Å². The van der Waals surface area contributed by atoms with Gasteiger partial charge in [0.15, 0.2) is 0 Å². The summed E-state index contributed by atoms with van der Waals surface area (Å²) in [4.78, 5) is 11.8. The molecule has 0 bridgehead atoms. The summed E-state index contributed by atoms with van der Waals surface area (Å²) in [6.07, 6.45) is 2.84. The Hall–Kier alpha value is -0.970.